The Bertz CT molecular complexity index is 1440. The van der Waals surface area contributed by atoms with Crippen molar-refractivity contribution in [1.82, 2.24) is 25.3 Å². The van der Waals surface area contributed by atoms with Gasteiger partial charge in [-0.05, 0) is 90.1 Å². The zero-order valence-corrected chi connectivity index (χ0v) is 26.4. The third kappa shape index (κ3) is 6.22. The molecule has 43 heavy (non-hydrogen) atoms. The maximum atomic E-state index is 13.3. The predicted octanol–water partition coefficient (Wildman–Crippen LogP) is 5.74. The predicted molar refractivity (Wildman–Crippen MR) is 163 cm³/mol. The van der Waals surface area contributed by atoms with Crippen LogP contribution in [0, 0.1) is 0 Å². The number of fused-ring (bicyclic) bond motifs is 2. The van der Waals surface area contributed by atoms with Gasteiger partial charge in [0.15, 0.2) is 12.6 Å². The Kier molecular flexibility index (Phi) is 8.22. The molecule has 2 aliphatic heterocycles. The van der Waals surface area contributed by atoms with Crippen LogP contribution < -0.4 is 14.4 Å². The summed E-state index contributed by atoms with van der Waals surface area (Å²) < 4.78 is 22.2. The Balaban J connectivity index is 1.36. The van der Waals surface area contributed by atoms with Crippen molar-refractivity contribution in [2.45, 2.75) is 83.0 Å². The topological polar surface area (TPSA) is 112 Å². The standard InChI is InChI=1S/C32H42N6O5/c1-30(2,3)43-29(39)38-31(4)13-14-32(38,5)18-23(17-31)37(6)27-12-11-25(34-35-27)24-10-9-21(15-26(24)42-20-40-7)22-16-28(41-8)36-33-19-22/h9-12,15-16,19,23H,13-14,17-18,20H2,1-8H3/t23?,31-,32+. The van der Waals surface area contributed by atoms with Crippen LogP contribution in [0.15, 0.2) is 42.6 Å². The molecule has 1 amide bonds. The molecule has 230 valence electrons. The summed E-state index contributed by atoms with van der Waals surface area (Å²) in [6.45, 7) is 10.2. The molecule has 3 atom stereocenters. The van der Waals surface area contributed by atoms with Gasteiger partial charge in [0.2, 0.25) is 5.88 Å². The minimum atomic E-state index is -0.535. The first-order valence-electron chi connectivity index (χ1n) is 14.6. The summed E-state index contributed by atoms with van der Waals surface area (Å²) >= 11 is 0. The molecule has 4 heterocycles. The fraction of sp³-hybridized carbons (Fsp3) is 0.531. The SMILES string of the molecule is COCOc1cc(-c2cnnc(OC)c2)ccc1-c1ccc(N(C)C2C[C@]3(C)CC[C@](C)(C2)N3C(=O)OC(C)(C)C)nn1. The van der Waals surface area contributed by atoms with Crippen molar-refractivity contribution < 1.29 is 23.7 Å². The highest BCUT2D eigenvalue weighted by Gasteiger charge is 2.59. The number of ether oxygens (including phenoxy) is 4. The lowest BCUT2D eigenvalue weighted by Crippen LogP contribution is -2.63. The summed E-state index contributed by atoms with van der Waals surface area (Å²) in [5.41, 5.74) is 2.10. The van der Waals surface area contributed by atoms with Crippen molar-refractivity contribution >= 4 is 11.9 Å². The maximum absolute atomic E-state index is 13.3. The highest BCUT2D eigenvalue weighted by atomic mass is 16.7. The molecular weight excluding hydrogens is 548 g/mol. The smallest absolute Gasteiger partial charge is 0.411 e. The van der Waals surface area contributed by atoms with Crippen molar-refractivity contribution in [3.05, 3.63) is 42.6 Å². The van der Waals surface area contributed by atoms with Gasteiger partial charge < -0.3 is 23.8 Å². The van der Waals surface area contributed by atoms with Crippen LogP contribution in [0.1, 0.15) is 60.3 Å². The molecule has 2 fully saturated rings. The van der Waals surface area contributed by atoms with Crippen molar-refractivity contribution in [3.63, 3.8) is 0 Å². The molecule has 0 N–H and O–H groups in total. The number of anilines is 1. The van der Waals surface area contributed by atoms with Crippen molar-refractivity contribution in [1.29, 1.82) is 0 Å². The Morgan fingerprint density at radius 1 is 1.00 bits per heavy atom. The van der Waals surface area contributed by atoms with E-state index in [-0.39, 0.29) is 30.0 Å². The van der Waals surface area contributed by atoms with E-state index in [0.29, 0.717) is 17.3 Å². The number of amides is 1. The zero-order valence-electron chi connectivity index (χ0n) is 26.4. The second kappa shape index (κ2) is 11.6. The fourth-order valence-electron chi connectivity index (χ4n) is 6.51. The maximum Gasteiger partial charge on any atom is 0.411 e. The Morgan fingerprint density at radius 2 is 1.72 bits per heavy atom. The Labute approximate surface area is 253 Å². The van der Waals surface area contributed by atoms with Crippen LogP contribution >= 0.6 is 0 Å². The van der Waals surface area contributed by atoms with Gasteiger partial charge in [0.25, 0.3) is 0 Å². The highest BCUT2D eigenvalue weighted by Crippen LogP contribution is 2.52. The monoisotopic (exact) mass is 590 g/mol. The molecule has 11 nitrogen and oxygen atoms in total. The highest BCUT2D eigenvalue weighted by molar-refractivity contribution is 5.75. The number of methoxy groups -OCH3 is 2. The van der Waals surface area contributed by atoms with E-state index in [2.05, 4.69) is 46.2 Å². The molecule has 2 saturated heterocycles. The van der Waals surface area contributed by atoms with Crippen LogP contribution in [0.4, 0.5) is 10.6 Å². The third-order valence-corrected chi connectivity index (χ3v) is 8.53. The van der Waals surface area contributed by atoms with Crippen molar-refractivity contribution in [2.24, 2.45) is 0 Å². The molecule has 0 aliphatic carbocycles. The average Bonchev–Trinajstić information content (AvgIpc) is 3.15. The molecule has 2 bridgehead atoms. The van der Waals surface area contributed by atoms with E-state index in [4.69, 9.17) is 18.9 Å². The molecule has 5 rings (SSSR count). The number of piperidine rings is 1. The normalized spacial score (nSPS) is 23.2. The molecule has 3 aromatic rings. The second-order valence-electron chi connectivity index (χ2n) is 13.0. The number of benzene rings is 1. The number of nitrogens with zero attached hydrogens (tertiary/aromatic N) is 6. The molecule has 11 heteroatoms. The largest absolute Gasteiger partial charge is 0.480 e. The van der Waals surface area contributed by atoms with E-state index in [1.165, 1.54) is 0 Å². The van der Waals surface area contributed by atoms with E-state index in [1.807, 2.05) is 62.1 Å². The van der Waals surface area contributed by atoms with E-state index >= 15 is 0 Å². The third-order valence-electron chi connectivity index (χ3n) is 8.53. The van der Waals surface area contributed by atoms with Gasteiger partial charge in [-0.1, -0.05) is 6.07 Å². The van der Waals surface area contributed by atoms with E-state index in [9.17, 15) is 4.79 Å². The molecule has 0 saturated carbocycles. The first kappa shape index (κ1) is 30.5. The van der Waals surface area contributed by atoms with Gasteiger partial charge in [0, 0.05) is 48.5 Å². The average molecular weight is 591 g/mol. The molecule has 0 radical (unpaired) electrons. The number of carbonyl (C=O) groups is 1. The van der Waals surface area contributed by atoms with Crippen LogP contribution in [-0.4, -0.2) is 82.2 Å². The van der Waals surface area contributed by atoms with E-state index in [0.717, 1.165) is 48.2 Å². The van der Waals surface area contributed by atoms with Crippen LogP contribution in [0.25, 0.3) is 22.4 Å². The Morgan fingerprint density at radius 3 is 2.33 bits per heavy atom. The molecule has 2 aliphatic rings. The molecule has 1 unspecified atom stereocenters. The van der Waals surface area contributed by atoms with Gasteiger partial charge in [-0.2, -0.15) is 5.10 Å². The van der Waals surface area contributed by atoms with Gasteiger partial charge >= 0.3 is 6.09 Å². The summed E-state index contributed by atoms with van der Waals surface area (Å²) in [5, 5.41) is 17.2. The first-order chi connectivity index (χ1) is 20.4. The van der Waals surface area contributed by atoms with E-state index in [1.54, 1.807) is 20.4 Å². The van der Waals surface area contributed by atoms with Gasteiger partial charge in [-0.3, -0.25) is 4.90 Å². The minimum Gasteiger partial charge on any atom is -0.480 e. The van der Waals surface area contributed by atoms with Gasteiger partial charge in [0.1, 0.15) is 11.4 Å². The lowest BCUT2D eigenvalue weighted by atomic mass is 9.82. The van der Waals surface area contributed by atoms with Gasteiger partial charge in [-0.15, -0.1) is 15.3 Å². The second-order valence-corrected chi connectivity index (χ2v) is 13.0. The number of aromatic nitrogens is 4. The molecule has 1 aromatic carbocycles. The number of hydrogen-bond acceptors (Lipinski definition) is 10. The first-order valence-corrected chi connectivity index (χ1v) is 14.6. The number of rotatable bonds is 8. The molecular formula is C32H42N6O5. The quantitative estimate of drug-likeness (QED) is 0.301. The summed E-state index contributed by atoms with van der Waals surface area (Å²) in [7, 11) is 5.20. The van der Waals surface area contributed by atoms with Gasteiger partial charge in [0.05, 0.1) is 19.0 Å². The summed E-state index contributed by atoms with van der Waals surface area (Å²) in [4.78, 5) is 17.5. The molecule has 2 aromatic heterocycles. The number of carbonyl (C=O) groups excluding carboxylic acids is 1. The minimum absolute atomic E-state index is 0.0855. The van der Waals surface area contributed by atoms with Crippen molar-refractivity contribution in [3.8, 4) is 34.0 Å². The van der Waals surface area contributed by atoms with Gasteiger partial charge in [-0.25, -0.2) is 4.79 Å². The molecule has 0 spiro atoms. The lowest BCUT2D eigenvalue weighted by Gasteiger charge is -2.52. The number of hydrogen-bond donors (Lipinski definition) is 0. The summed E-state index contributed by atoms with van der Waals surface area (Å²) in [6, 6.07) is 11.8. The van der Waals surface area contributed by atoms with Crippen LogP contribution in [0.3, 0.4) is 0 Å². The lowest BCUT2D eigenvalue weighted by molar-refractivity contribution is -0.0357. The van der Waals surface area contributed by atoms with Crippen LogP contribution in [0.5, 0.6) is 11.6 Å². The zero-order chi connectivity index (χ0) is 31.0. The summed E-state index contributed by atoms with van der Waals surface area (Å²) in [5.74, 6) is 1.81. The Hall–Kier alpha value is -3.99. The van der Waals surface area contributed by atoms with E-state index < -0.39 is 5.60 Å². The fourth-order valence-corrected chi connectivity index (χ4v) is 6.51. The van der Waals surface area contributed by atoms with Crippen molar-refractivity contribution in [2.75, 3.05) is 33.0 Å². The summed E-state index contributed by atoms with van der Waals surface area (Å²) in [6.07, 6.45) is 4.99. The van der Waals surface area contributed by atoms with Crippen LogP contribution in [0.2, 0.25) is 0 Å². The van der Waals surface area contributed by atoms with Crippen LogP contribution in [-0.2, 0) is 9.47 Å².